The van der Waals surface area contributed by atoms with Crippen molar-refractivity contribution in [1.29, 1.82) is 0 Å². The highest BCUT2D eigenvalue weighted by atomic mass is 16.6. The molecule has 4 fully saturated rings. The third-order valence-electron chi connectivity index (χ3n) is 10.1. The van der Waals surface area contributed by atoms with Gasteiger partial charge in [-0.3, -0.25) is 4.79 Å². The molecule has 1 aromatic heterocycles. The highest BCUT2D eigenvalue weighted by Gasteiger charge is 2.63. The number of rotatable bonds is 8. The Balaban J connectivity index is 0.00000170. The van der Waals surface area contributed by atoms with Crippen molar-refractivity contribution < 1.29 is 25.2 Å². The zero-order chi connectivity index (χ0) is 34.3. The molecule has 1 amide bonds. The molecule has 47 heavy (non-hydrogen) atoms. The van der Waals surface area contributed by atoms with E-state index in [1.54, 1.807) is 20.3 Å². The van der Waals surface area contributed by atoms with Crippen LogP contribution in [0.5, 0.6) is 11.5 Å². The lowest BCUT2D eigenvalue weighted by molar-refractivity contribution is -0.180. The number of nitrogens with zero attached hydrogens (tertiary/aromatic N) is 2. The summed E-state index contributed by atoms with van der Waals surface area (Å²) in [7, 11) is 3.24. The number of esters is 1. The molecule has 0 spiro atoms. The molecule has 0 unspecified atom stereocenters. The first-order valence-electron chi connectivity index (χ1n) is 17.3. The summed E-state index contributed by atoms with van der Waals surface area (Å²) in [5.74, 6) is 2.04. The maximum absolute atomic E-state index is 14.5. The van der Waals surface area contributed by atoms with Gasteiger partial charge in [-0.1, -0.05) is 51.5 Å². The zero-order valence-electron chi connectivity index (χ0n) is 29.9. The number of benzene rings is 2. The Kier molecular flexibility index (Phi) is 9.82. The Hall–Kier alpha value is -3.81. The third-order valence-corrected chi connectivity index (χ3v) is 10.1. The van der Waals surface area contributed by atoms with E-state index in [2.05, 4.69) is 38.2 Å². The number of hydrogen-bond acceptors (Lipinski definition) is 6. The van der Waals surface area contributed by atoms with Gasteiger partial charge in [0.25, 0.3) is 5.91 Å². The van der Waals surface area contributed by atoms with Crippen LogP contribution in [0, 0.1) is 30.6 Å². The number of ether oxygens (including phenoxy) is 3. The standard InChI is InChI=1S/C37H47N3O5.C2H6.H2/c1-21(2)27-14-22(3)12-13-29(27)40-30(33-31(43-7)10-9-11-32(33)44-8)20-28(39-40)34(41)38-37(35(42)45-36(4,5)6)25-16-23-15-24(18-25)19-26(37)17-23;1-2;/h9-14,20-21,23-26H,15-19H2,1-8H3,(H,38,41);1-2H3;1H. The molecule has 8 nitrogen and oxygen atoms in total. The molecular weight excluding hydrogens is 590 g/mol. The first-order valence-corrected chi connectivity index (χ1v) is 17.3. The largest absolute Gasteiger partial charge is 0.496 e. The van der Waals surface area contributed by atoms with Crippen LogP contribution in [-0.4, -0.2) is 47.0 Å². The molecule has 1 N–H and O–H groups in total. The molecule has 1 heterocycles. The fraction of sp³-hybridized carbons (Fsp3) is 0.564. The molecule has 4 bridgehead atoms. The van der Waals surface area contributed by atoms with E-state index < -0.39 is 11.1 Å². The van der Waals surface area contributed by atoms with Crippen LogP contribution in [0.4, 0.5) is 0 Å². The second kappa shape index (κ2) is 13.4. The summed E-state index contributed by atoms with van der Waals surface area (Å²) in [5.41, 5.74) is 2.96. The van der Waals surface area contributed by atoms with Gasteiger partial charge in [-0.05, 0) is 119 Å². The van der Waals surface area contributed by atoms with Crippen LogP contribution in [-0.2, 0) is 9.53 Å². The van der Waals surface area contributed by atoms with Crippen LogP contribution in [0.2, 0.25) is 0 Å². The summed E-state index contributed by atoms with van der Waals surface area (Å²) in [6.45, 7) is 16.0. The first-order chi connectivity index (χ1) is 22.3. The minimum Gasteiger partial charge on any atom is -0.496 e. The molecule has 0 radical (unpaired) electrons. The van der Waals surface area contributed by atoms with Crippen LogP contribution < -0.4 is 14.8 Å². The molecule has 2 aromatic carbocycles. The van der Waals surface area contributed by atoms with Crippen molar-refractivity contribution in [2.75, 3.05) is 14.2 Å². The van der Waals surface area contributed by atoms with Gasteiger partial charge in [0.05, 0.1) is 31.2 Å². The van der Waals surface area contributed by atoms with Crippen LogP contribution in [0.3, 0.4) is 0 Å². The van der Waals surface area contributed by atoms with Gasteiger partial charge in [0, 0.05) is 1.43 Å². The maximum atomic E-state index is 14.5. The Morgan fingerprint density at radius 2 is 1.51 bits per heavy atom. The Labute approximate surface area is 282 Å². The average molecular weight is 646 g/mol. The van der Waals surface area contributed by atoms with Crippen molar-refractivity contribution in [2.24, 2.45) is 23.7 Å². The van der Waals surface area contributed by atoms with Crippen LogP contribution in [0.1, 0.15) is 110 Å². The first kappa shape index (κ1) is 34.5. The van der Waals surface area contributed by atoms with Gasteiger partial charge in [0.15, 0.2) is 5.69 Å². The van der Waals surface area contributed by atoms with Gasteiger partial charge >= 0.3 is 5.97 Å². The quantitative estimate of drug-likeness (QED) is 0.247. The monoisotopic (exact) mass is 645 g/mol. The summed E-state index contributed by atoms with van der Waals surface area (Å²) in [5, 5.41) is 8.28. The van der Waals surface area contributed by atoms with E-state index in [1.807, 2.05) is 63.6 Å². The van der Waals surface area contributed by atoms with E-state index in [9.17, 15) is 9.59 Å². The lowest BCUT2D eigenvalue weighted by atomic mass is 9.48. The molecule has 256 valence electrons. The van der Waals surface area contributed by atoms with Crippen LogP contribution in [0.25, 0.3) is 16.9 Å². The van der Waals surface area contributed by atoms with Gasteiger partial charge in [-0.25, -0.2) is 9.48 Å². The minimum atomic E-state index is -1.07. The normalized spacial score (nSPS) is 24.4. The lowest BCUT2D eigenvalue weighted by Crippen LogP contribution is -2.71. The van der Waals surface area contributed by atoms with Gasteiger partial charge in [-0.2, -0.15) is 5.10 Å². The number of hydrogen-bond donors (Lipinski definition) is 1. The fourth-order valence-electron chi connectivity index (χ4n) is 8.42. The van der Waals surface area contributed by atoms with Crippen molar-refractivity contribution in [3.8, 4) is 28.4 Å². The van der Waals surface area contributed by atoms with Crippen molar-refractivity contribution in [1.82, 2.24) is 15.1 Å². The molecule has 4 aliphatic carbocycles. The number of aryl methyl sites for hydroxylation is 1. The molecule has 7 rings (SSSR count). The molecule has 0 atom stereocenters. The summed E-state index contributed by atoms with van der Waals surface area (Å²) < 4.78 is 19.5. The van der Waals surface area contributed by atoms with Crippen LogP contribution >= 0.6 is 0 Å². The number of amides is 1. The van der Waals surface area contributed by atoms with Crippen molar-refractivity contribution >= 4 is 11.9 Å². The van der Waals surface area contributed by atoms with Gasteiger partial charge in [-0.15, -0.1) is 0 Å². The third kappa shape index (κ3) is 6.40. The molecular formula is C39H55N3O5. The van der Waals surface area contributed by atoms with E-state index in [0.717, 1.165) is 42.5 Å². The van der Waals surface area contributed by atoms with Crippen molar-refractivity contribution in [3.63, 3.8) is 0 Å². The second-order valence-corrected chi connectivity index (χ2v) is 14.7. The molecule has 8 heteroatoms. The predicted octanol–water partition coefficient (Wildman–Crippen LogP) is 8.53. The Morgan fingerprint density at radius 3 is 2.02 bits per heavy atom. The van der Waals surface area contributed by atoms with Gasteiger partial charge in [0.1, 0.15) is 22.6 Å². The van der Waals surface area contributed by atoms with Gasteiger partial charge < -0.3 is 19.5 Å². The number of carbonyl (C=O) groups excluding carboxylic acids is 2. The maximum Gasteiger partial charge on any atom is 0.332 e. The lowest BCUT2D eigenvalue weighted by Gasteiger charge is -2.59. The summed E-state index contributed by atoms with van der Waals surface area (Å²) in [4.78, 5) is 28.6. The summed E-state index contributed by atoms with van der Waals surface area (Å²) >= 11 is 0. The number of methoxy groups -OCH3 is 2. The summed E-state index contributed by atoms with van der Waals surface area (Å²) in [6, 6.07) is 13.7. The molecule has 0 saturated heterocycles. The van der Waals surface area contributed by atoms with E-state index >= 15 is 0 Å². The zero-order valence-corrected chi connectivity index (χ0v) is 29.9. The molecule has 4 aliphatic rings. The van der Waals surface area contributed by atoms with E-state index in [0.29, 0.717) is 34.6 Å². The highest BCUT2D eigenvalue weighted by Crippen LogP contribution is 2.59. The Bertz CT molecular complexity index is 1570. The topological polar surface area (TPSA) is 91.7 Å². The number of carbonyl (C=O) groups is 2. The van der Waals surface area contributed by atoms with E-state index in [-0.39, 0.29) is 36.8 Å². The van der Waals surface area contributed by atoms with E-state index in [4.69, 9.17) is 19.3 Å². The SMILES string of the molecule is CC.COc1cccc(OC)c1-c1cc(C(=O)NC2(C(=O)OC(C)(C)C)C3CC4CC(C3)CC2C4)nn1-c1ccc(C)cc1C(C)C.[HH]. The molecule has 4 saturated carbocycles. The second-order valence-electron chi connectivity index (χ2n) is 14.7. The van der Waals surface area contributed by atoms with E-state index in [1.165, 1.54) is 6.42 Å². The Morgan fingerprint density at radius 1 is 0.936 bits per heavy atom. The van der Waals surface area contributed by atoms with Crippen molar-refractivity contribution in [2.45, 2.75) is 105 Å². The van der Waals surface area contributed by atoms with Crippen molar-refractivity contribution in [3.05, 3.63) is 59.3 Å². The molecule has 0 aliphatic heterocycles. The average Bonchev–Trinajstić information content (AvgIpc) is 3.47. The number of nitrogens with one attached hydrogen (secondary N) is 1. The highest BCUT2D eigenvalue weighted by molar-refractivity contribution is 5.98. The molecule has 3 aromatic rings. The smallest absolute Gasteiger partial charge is 0.332 e. The number of aromatic nitrogens is 2. The van der Waals surface area contributed by atoms with Gasteiger partial charge in [0.2, 0.25) is 0 Å². The van der Waals surface area contributed by atoms with Crippen LogP contribution in [0.15, 0.2) is 42.5 Å². The minimum absolute atomic E-state index is 0. The summed E-state index contributed by atoms with van der Waals surface area (Å²) in [6.07, 6.45) is 4.98. The predicted molar refractivity (Wildman–Crippen MR) is 187 cm³/mol. The fourth-order valence-corrected chi connectivity index (χ4v) is 8.42.